The highest BCUT2D eigenvalue weighted by atomic mass is 32.3. The van der Waals surface area contributed by atoms with Crippen molar-refractivity contribution in [3.8, 4) is 0 Å². The molecule has 0 aromatic heterocycles. The molecule has 0 aliphatic heterocycles. The van der Waals surface area contributed by atoms with Crippen LogP contribution in [0.1, 0.15) is 6.92 Å². The Kier molecular flexibility index (Phi) is 6.11. The maximum atomic E-state index is 12.6. The lowest BCUT2D eigenvalue weighted by Crippen LogP contribution is -2.65. The zero-order valence-electron chi connectivity index (χ0n) is 11.2. The quantitative estimate of drug-likeness (QED) is 0.493. The molecule has 0 aliphatic rings. The van der Waals surface area contributed by atoms with Crippen molar-refractivity contribution in [1.82, 2.24) is 3.38 Å². The van der Waals surface area contributed by atoms with Crippen molar-refractivity contribution in [3.63, 3.8) is 0 Å². The number of nitrogens with zero attached hydrogens (tertiary/aromatic N) is 1. The molecule has 0 aromatic carbocycles. The molecule has 0 aliphatic carbocycles. The van der Waals surface area contributed by atoms with E-state index in [2.05, 4.69) is 8.85 Å². The normalized spacial score (nSPS) is 15.4. The molecule has 0 saturated heterocycles. The molecular formula is C6H11F6NO6S2Si. The summed E-state index contributed by atoms with van der Waals surface area (Å²) in [7, 11) is -17.9. The van der Waals surface area contributed by atoms with Gasteiger partial charge in [-0.3, -0.25) is 0 Å². The van der Waals surface area contributed by atoms with Crippen molar-refractivity contribution in [2.24, 2.45) is 0 Å². The van der Waals surface area contributed by atoms with Gasteiger partial charge < -0.3 is 8.85 Å². The Morgan fingerprint density at radius 2 is 1.14 bits per heavy atom. The summed E-state index contributed by atoms with van der Waals surface area (Å²) < 4.78 is 128. The lowest BCUT2D eigenvalue weighted by Gasteiger charge is -2.35. The second kappa shape index (κ2) is 6.23. The van der Waals surface area contributed by atoms with E-state index in [9.17, 15) is 43.2 Å². The predicted octanol–water partition coefficient (Wildman–Crippen LogP) is 1.24. The van der Waals surface area contributed by atoms with Crippen molar-refractivity contribution < 1.29 is 52.0 Å². The first-order valence-electron chi connectivity index (χ1n) is 5.08. The molecule has 0 saturated carbocycles. The lowest BCUT2D eigenvalue weighted by molar-refractivity contribution is -0.0524. The number of hydrogen-bond donors (Lipinski definition) is 0. The van der Waals surface area contributed by atoms with E-state index in [1.54, 1.807) is 0 Å². The van der Waals surface area contributed by atoms with E-state index in [-0.39, 0.29) is 0 Å². The minimum absolute atomic E-state index is 0.546. The van der Waals surface area contributed by atoms with Gasteiger partial charge in [-0.05, 0) is 0 Å². The summed E-state index contributed by atoms with van der Waals surface area (Å²) in [6, 6.07) is -0.857. The summed E-state index contributed by atoms with van der Waals surface area (Å²) in [6.07, 6.45) is 0. The van der Waals surface area contributed by atoms with Crippen molar-refractivity contribution in [1.29, 1.82) is 0 Å². The van der Waals surface area contributed by atoms with E-state index in [1.165, 1.54) is 0 Å². The minimum Gasteiger partial charge on any atom is -0.385 e. The Balaban J connectivity index is 6.80. The van der Waals surface area contributed by atoms with E-state index in [0.29, 0.717) is 14.2 Å². The zero-order valence-corrected chi connectivity index (χ0v) is 13.8. The van der Waals surface area contributed by atoms with E-state index in [0.717, 1.165) is 6.92 Å². The monoisotopic (exact) mass is 399 g/mol. The van der Waals surface area contributed by atoms with Crippen LogP contribution < -0.4 is 0 Å². The van der Waals surface area contributed by atoms with Crippen molar-refractivity contribution in [2.75, 3.05) is 14.2 Å². The molecule has 0 rings (SSSR count). The molecule has 0 atom stereocenters. The van der Waals surface area contributed by atoms with Crippen LogP contribution in [0.5, 0.6) is 0 Å². The van der Waals surface area contributed by atoms with Crippen LogP contribution in [-0.2, 0) is 28.9 Å². The van der Waals surface area contributed by atoms with Gasteiger partial charge in [-0.2, -0.15) is 26.3 Å². The van der Waals surface area contributed by atoms with Gasteiger partial charge >= 0.3 is 39.8 Å². The molecule has 7 nitrogen and oxygen atoms in total. The highest BCUT2D eigenvalue weighted by Crippen LogP contribution is 2.39. The highest BCUT2D eigenvalue weighted by molar-refractivity contribution is 8.06. The third kappa shape index (κ3) is 3.40. The average molecular weight is 399 g/mol. The molecule has 0 aromatic rings. The second-order valence-electron chi connectivity index (χ2n) is 3.57. The first-order chi connectivity index (χ1) is 9.55. The maximum absolute atomic E-state index is 12.6. The Hall–Kier alpha value is -0.423. The molecule has 16 heteroatoms. The highest BCUT2D eigenvalue weighted by Gasteiger charge is 2.70. The molecule has 0 bridgehead atoms. The Morgan fingerprint density at radius 3 is 1.27 bits per heavy atom. The van der Waals surface area contributed by atoms with Gasteiger partial charge in [-0.1, -0.05) is 10.3 Å². The first-order valence-corrected chi connectivity index (χ1v) is 9.93. The largest absolute Gasteiger partial charge is 0.512 e. The van der Waals surface area contributed by atoms with Gasteiger partial charge in [0, 0.05) is 20.3 Å². The van der Waals surface area contributed by atoms with Gasteiger partial charge in [0.1, 0.15) is 0 Å². The van der Waals surface area contributed by atoms with Crippen LogP contribution >= 0.6 is 0 Å². The average Bonchev–Trinajstić information content (AvgIpc) is 2.32. The summed E-state index contributed by atoms with van der Waals surface area (Å²) in [6.45, 7) is 0.921. The number of rotatable bonds is 6. The number of sulfonamides is 2. The Morgan fingerprint density at radius 1 is 0.864 bits per heavy atom. The van der Waals surface area contributed by atoms with Gasteiger partial charge in [-0.25, -0.2) is 16.8 Å². The van der Waals surface area contributed by atoms with Crippen LogP contribution in [0.4, 0.5) is 26.3 Å². The summed E-state index contributed by atoms with van der Waals surface area (Å²) >= 11 is 0. The van der Waals surface area contributed by atoms with Crippen LogP contribution in [0.25, 0.3) is 0 Å². The summed E-state index contributed by atoms with van der Waals surface area (Å²) in [5.41, 5.74) is -12.6. The summed E-state index contributed by atoms with van der Waals surface area (Å²) in [5, 5.41) is 0. The fraction of sp³-hybridized carbons (Fsp3) is 1.00. The van der Waals surface area contributed by atoms with Gasteiger partial charge in [0.2, 0.25) is 0 Å². The standard InChI is InChI=1S/C6H11F6NO6S2Si/c1-4-22(18-2,19-3)13(20(14,15)5(7,8)9)21(16,17)6(10,11)12/h4H2,1-3H3. The zero-order chi connectivity index (χ0) is 18.2. The van der Waals surface area contributed by atoms with Gasteiger partial charge in [0.05, 0.1) is 0 Å². The van der Waals surface area contributed by atoms with E-state index >= 15 is 0 Å². The number of halogens is 6. The van der Waals surface area contributed by atoms with E-state index in [1.807, 2.05) is 0 Å². The van der Waals surface area contributed by atoms with Gasteiger partial charge in [-0.15, -0.1) is 0 Å². The minimum atomic E-state index is -6.94. The molecule has 0 radical (unpaired) electrons. The summed E-state index contributed by atoms with van der Waals surface area (Å²) in [4.78, 5) is 0. The van der Waals surface area contributed by atoms with Crippen molar-refractivity contribution >= 4 is 28.8 Å². The molecule has 0 fully saturated rings. The third-order valence-corrected chi connectivity index (χ3v) is 11.4. The Bertz CT molecular complexity index is 542. The van der Waals surface area contributed by atoms with Crippen molar-refractivity contribution in [3.05, 3.63) is 0 Å². The molecule has 0 N–H and O–H groups in total. The predicted molar refractivity (Wildman–Crippen MR) is 62.0 cm³/mol. The van der Waals surface area contributed by atoms with Gasteiger partial charge in [0.15, 0.2) is 0 Å². The SMILES string of the molecule is CC[Si](OC)(OC)N(S(=O)(=O)C(F)(F)F)S(=O)(=O)C(F)(F)F. The van der Waals surface area contributed by atoms with Crippen LogP contribution in [0.2, 0.25) is 6.04 Å². The van der Waals surface area contributed by atoms with E-state index < -0.39 is 49.2 Å². The van der Waals surface area contributed by atoms with Crippen LogP contribution in [0, 0.1) is 0 Å². The van der Waals surface area contributed by atoms with Crippen LogP contribution in [0.3, 0.4) is 0 Å². The molecule has 22 heavy (non-hydrogen) atoms. The fourth-order valence-electron chi connectivity index (χ4n) is 1.33. The molecule has 0 heterocycles. The van der Waals surface area contributed by atoms with Crippen LogP contribution in [0.15, 0.2) is 0 Å². The lowest BCUT2D eigenvalue weighted by atomic mass is 11.0. The molecule has 0 amide bonds. The molecule has 0 spiro atoms. The smallest absolute Gasteiger partial charge is 0.385 e. The first kappa shape index (κ1) is 21.6. The van der Waals surface area contributed by atoms with Crippen LogP contribution in [-0.4, -0.2) is 54.2 Å². The van der Waals surface area contributed by atoms with E-state index in [4.69, 9.17) is 0 Å². The summed E-state index contributed by atoms with van der Waals surface area (Å²) in [5.74, 6) is 0. The Labute approximate surface area is 123 Å². The topological polar surface area (TPSA) is 90.0 Å². The molecule has 0 unspecified atom stereocenters. The third-order valence-electron chi connectivity index (χ3n) is 2.38. The fourth-order valence-corrected chi connectivity index (χ4v) is 9.77. The number of hydrogen-bond acceptors (Lipinski definition) is 6. The molecule has 134 valence electrons. The van der Waals surface area contributed by atoms with Gasteiger partial charge in [0.25, 0.3) is 0 Å². The molecular weight excluding hydrogens is 388 g/mol. The number of alkyl halides is 6. The second-order valence-corrected chi connectivity index (χ2v) is 11.4. The maximum Gasteiger partial charge on any atom is 0.512 e. The van der Waals surface area contributed by atoms with Crippen molar-refractivity contribution in [2.45, 2.75) is 24.0 Å².